The van der Waals surface area contributed by atoms with Crippen LogP contribution < -0.4 is 5.56 Å². The minimum Gasteiger partial charge on any atom is -0.367 e. The molecular formula is C16H18N2O2. The van der Waals surface area contributed by atoms with Gasteiger partial charge in [-0.15, -0.1) is 0 Å². The number of rotatable bonds is 2. The third-order valence-corrected chi connectivity index (χ3v) is 3.92. The van der Waals surface area contributed by atoms with Crippen molar-refractivity contribution in [3.63, 3.8) is 0 Å². The van der Waals surface area contributed by atoms with Gasteiger partial charge in [-0.1, -0.05) is 30.3 Å². The summed E-state index contributed by atoms with van der Waals surface area (Å²) < 4.78 is 5.78. The second-order valence-electron chi connectivity index (χ2n) is 5.44. The Labute approximate surface area is 117 Å². The van der Waals surface area contributed by atoms with Crippen molar-refractivity contribution in [3.8, 4) is 11.3 Å². The number of H-pyrrole nitrogens is 1. The molecule has 1 aromatic heterocycles. The minimum atomic E-state index is -0.476. The quantitative estimate of drug-likeness (QED) is 0.913. The standard InChI is InChI=1S/C16H18N2O2/c1-11-13(12-7-4-3-5-8-12)17-15(18-14(11)19)16(2)9-6-10-20-16/h3-5,7-8H,6,9-10H2,1-2H3,(H,17,18,19). The molecule has 0 amide bonds. The van der Waals surface area contributed by atoms with Crippen LogP contribution in [0.1, 0.15) is 31.2 Å². The number of nitrogens with zero attached hydrogens (tertiary/aromatic N) is 1. The molecule has 2 heterocycles. The third-order valence-electron chi connectivity index (χ3n) is 3.92. The van der Waals surface area contributed by atoms with E-state index >= 15 is 0 Å². The van der Waals surface area contributed by atoms with Crippen LogP contribution in [-0.4, -0.2) is 16.6 Å². The monoisotopic (exact) mass is 270 g/mol. The molecule has 4 nitrogen and oxygen atoms in total. The normalized spacial score (nSPS) is 22.1. The van der Waals surface area contributed by atoms with Gasteiger partial charge in [0.1, 0.15) is 11.4 Å². The highest BCUT2D eigenvalue weighted by atomic mass is 16.5. The molecule has 0 aliphatic carbocycles. The Bertz CT molecular complexity index is 671. The van der Waals surface area contributed by atoms with E-state index in [9.17, 15) is 4.79 Å². The Kier molecular flexibility index (Phi) is 3.18. The lowest BCUT2D eigenvalue weighted by molar-refractivity contribution is 0.00920. The zero-order valence-corrected chi connectivity index (χ0v) is 11.8. The first-order valence-electron chi connectivity index (χ1n) is 6.91. The molecular weight excluding hydrogens is 252 g/mol. The number of hydrogen-bond donors (Lipinski definition) is 1. The molecule has 3 rings (SSSR count). The van der Waals surface area contributed by atoms with Crippen molar-refractivity contribution >= 4 is 0 Å². The molecule has 1 unspecified atom stereocenters. The van der Waals surface area contributed by atoms with Crippen molar-refractivity contribution in [2.24, 2.45) is 0 Å². The predicted octanol–water partition coefficient (Wildman–Crippen LogP) is 2.77. The first-order chi connectivity index (χ1) is 9.60. The van der Waals surface area contributed by atoms with Gasteiger partial charge in [-0.3, -0.25) is 4.79 Å². The summed E-state index contributed by atoms with van der Waals surface area (Å²) in [6, 6.07) is 9.79. The van der Waals surface area contributed by atoms with Crippen LogP contribution in [0.3, 0.4) is 0 Å². The van der Waals surface area contributed by atoms with E-state index < -0.39 is 5.60 Å². The van der Waals surface area contributed by atoms with Crippen LogP contribution in [0.2, 0.25) is 0 Å². The summed E-state index contributed by atoms with van der Waals surface area (Å²) in [4.78, 5) is 19.7. The molecule has 2 aromatic rings. The average Bonchev–Trinajstić information content (AvgIpc) is 2.91. The molecule has 0 saturated carbocycles. The van der Waals surface area contributed by atoms with Gasteiger partial charge in [-0.2, -0.15) is 0 Å². The van der Waals surface area contributed by atoms with Gasteiger partial charge in [-0.25, -0.2) is 4.98 Å². The lowest BCUT2D eigenvalue weighted by atomic mass is 10.0. The van der Waals surface area contributed by atoms with Gasteiger partial charge in [0.25, 0.3) is 5.56 Å². The highest BCUT2D eigenvalue weighted by Crippen LogP contribution is 2.34. The van der Waals surface area contributed by atoms with E-state index in [-0.39, 0.29) is 5.56 Å². The van der Waals surface area contributed by atoms with E-state index in [1.807, 2.05) is 37.3 Å². The molecule has 20 heavy (non-hydrogen) atoms. The highest BCUT2D eigenvalue weighted by Gasteiger charge is 2.35. The fraction of sp³-hybridized carbons (Fsp3) is 0.375. The fourth-order valence-electron chi connectivity index (χ4n) is 2.63. The molecule has 1 aliphatic heterocycles. The van der Waals surface area contributed by atoms with E-state index in [1.54, 1.807) is 6.92 Å². The molecule has 1 saturated heterocycles. The molecule has 1 fully saturated rings. The van der Waals surface area contributed by atoms with Crippen LogP contribution in [0.15, 0.2) is 35.1 Å². The Morgan fingerprint density at radius 3 is 2.70 bits per heavy atom. The minimum absolute atomic E-state index is 0.0921. The molecule has 1 aliphatic rings. The van der Waals surface area contributed by atoms with Gasteiger partial charge in [-0.05, 0) is 26.7 Å². The zero-order chi connectivity index (χ0) is 14.2. The van der Waals surface area contributed by atoms with Crippen LogP contribution in [0.25, 0.3) is 11.3 Å². The molecule has 1 N–H and O–H groups in total. The lowest BCUT2D eigenvalue weighted by Gasteiger charge is -2.22. The summed E-state index contributed by atoms with van der Waals surface area (Å²) in [7, 11) is 0. The summed E-state index contributed by atoms with van der Waals surface area (Å²) in [5.74, 6) is 0.629. The smallest absolute Gasteiger partial charge is 0.254 e. The molecule has 4 heteroatoms. The van der Waals surface area contributed by atoms with Crippen LogP contribution in [0.4, 0.5) is 0 Å². The van der Waals surface area contributed by atoms with Crippen molar-refractivity contribution in [2.75, 3.05) is 6.61 Å². The largest absolute Gasteiger partial charge is 0.367 e. The zero-order valence-electron chi connectivity index (χ0n) is 11.8. The predicted molar refractivity (Wildman–Crippen MR) is 77.6 cm³/mol. The second-order valence-corrected chi connectivity index (χ2v) is 5.44. The molecule has 1 atom stereocenters. The fourth-order valence-corrected chi connectivity index (χ4v) is 2.63. The maximum atomic E-state index is 12.2. The summed E-state index contributed by atoms with van der Waals surface area (Å²) in [6.45, 7) is 4.51. The third kappa shape index (κ3) is 2.16. The van der Waals surface area contributed by atoms with E-state index in [0.29, 0.717) is 11.4 Å². The number of nitrogens with one attached hydrogen (secondary N) is 1. The number of aromatic amines is 1. The van der Waals surface area contributed by atoms with E-state index in [2.05, 4.69) is 9.97 Å². The summed E-state index contributed by atoms with van der Waals surface area (Å²) in [5, 5.41) is 0. The maximum Gasteiger partial charge on any atom is 0.254 e. The van der Waals surface area contributed by atoms with Gasteiger partial charge in [0.05, 0.1) is 5.69 Å². The van der Waals surface area contributed by atoms with Crippen LogP contribution in [0, 0.1) is 6.92 Å². The first-order valence-corrected chi connectivity index (χ1v) is 6.91. The Morgan fingerprint density at radius 1 is 1.30 bits per heavy atom. The highest BCUT2D eigenvalue weighted by molar-refractivity contribution is 5.62. The SMILES string of the molecule is Cc1c(-c2ccccc2)nc(C2(C)CCCO2)[nH]c1=O. The molecule has 0 spiro atoms. The number of ether oxygens (including phenoxy) is 1. The van der Waals surface area contributed by atoms with E-state index in [0.717, 1.165) is 30.7 Å². The molecule has 0 bridgehead atoms. The lowest BCUT2D eigenvalue weighted by Crippen LogP contribution is -2.28. The Balaban J connectivity index is 2.16. The van der Waals surface area contributed by atoms with Gasteiger partial charge < -0.3 is 9.72 Å². The van der Waals surface area contributed by atoms with Crippen molar-refractivity contribution in [1.82, 2.24) is 9.97 Å². The van der Waals surface area contributed by atoms with Crippen molar-refractivity contribution in [3.05, 3.63) is 52.1 Å². The Morgan fingerprint density at radius 2 is 2.05 bits per heavy atom. The topological polar surface area (TPSA) is 55.0 Å². The average molecular weight is 270 g/mol. The summed E-state index contributed by atoms with van der Waals surface area (Å²) in [5.41, 5.74) is 1.77. The van der Waals surface area contributed by atoms with Gasteiger partial charge in [0, 0.05) is 17.7 Å². The number of aromatic nitrogens is 2. The first kappa shape index (κ1) is 13.1. The van der Waals surface area contributed by atoms with Gasteiger partial charge in [0.15, 0.2) is 0 Å². The van der Waals surface area contributed by atoms with Crippen molar-refractivity contribution < 1.29 is 4.74 Å². The summed E-state index contributed by atoms with van der Waals surface area (Å²) >= 11 is 0. The van der Waals surface area contributed by atoms with E-state index in [4.69, 9.17) is 4.74 Å². The molecule has 1 aromatic carbocycles. The van der Waals surface area contributed by atoms with Gasteiger partial charge in [0.2, 0.25) is 0 Å². The van der Waals surface area contributed by atoms with Crippen molar-refractivity contribution in [1.29, 1.82) is 0 Å². The number of benzene rings is 1. The summed E-state index contributed by atoms with van der Waals surface area (Å²) in [6.07, 6.45) is 1.88. The second kappa shape index (κ2) is 4.87. The van der Waals surface area contributed by atoms with E-state index in [1.165, 1.54) is 0 Å². The maximum absolute atomic E-state index is 12.2. The molecule has 104 valence electrons. The van der Waals surface area contributed by atoms with Crippen LogP contribution in [0.5, 0.6) is 0 Å². The van der Waals surface area contributed by atoms with Crippen LogP contribution in [-0.2, 0) is 10.3 Å². The van der Waals surface area contributed by atoms with Gasteiger partial charge >= 0.3 is 0 Å². The van der Waals surface area contributed by atoms with Crippen molar-refractivity contribution in [2.45, 2.75) is 32.3 Å². The van der Waals surface area contributed by atoms with Crippen LogP contribution >= 0.6 is 0 Å². The Hall–Kier alpha value is -1.94. The number of hydrogen-bond acceptors (Lipinski definition) is 3. The molecule has 0 radical (unpaired) electrons.